The van der Waals surface area contributed by atoms with Crippen LogP contribution in [0.2, 0.25) is 0 Å². The minimum Gasteiger partial charge on any atom is -0.307 e. The first-order chi connectivity index (χ1) is 10.1. The number of Topliss-reactive ketones (excluding diaryl/α,β-unsaturated/α-hetero) is 1. The van der Waals surface area contributed by atoms with E-state index in [4.69, 9.17) is 0 Å². The van der Waals surface area contributed by atoms with Crippen LogP contribution < -0.4 is 5.56 Å². The lowest BCUT2D eigenvalue weighted by Crippen LogP contribution is -2.23. The molecule has 0 atom stereocenters. The van der Waals surface area contributed by atoms with Crippen LogP contribution in [0.15, 0.2) is 70.1 Å². The highest BCUT2D eigenvalue weighted by Gasteiger charge is 2.09. The van der Waals surface area contributed by atoms with Crippen LogP contribution in [-0.2, 0) is 6.54 Å². The average Bonchev–Trinajstić information content (AvgIpc) is 2.50. The summed E-state index contributed by atoms with van der Waals surface area (Å²) in [5, 5.41) is 1.51. The topological polar surface area (TPSA) is 39.1 Å². The van der Waals surface area contributed by atoms with Crippen molar-refractivity contribution < 1.29 is 4.79 Å². The van der Waals surface area contributed by atoms with Gasteiger partial charge < -0.3 is 4.57 Å². The Bertz CT molecular complexity index is 883. The Kier molecular flexibility index (Phi) is 3.71. The van der Waals surface area contributed by atoms with Gasteiger partial charge in [-0.3, -0.25) is 9.59 Å². The van der Waals surface area contributed by atoms with Gasteiger partial charge in [0.2, 0.25) is 0 Å². The van der Waals surface area contributed by atoms with Crippen LogP contribution in [0.1, 0.15) is 10.4 Å². The summed E-state index contributed by atoms with van der Waals surface area (Å²) in [4.78, 5) is 24.6. The van der Waals surface area contributed by atoms with Crippen molar-refractivity contribution in [3.8, 4) is 0 Å². The lowest BCUT2D eigenvalue weighted by atomic mass is 10.1. The van der Waals surface area contributed by atoms with Crippen molar-refractivity contribution in [1.29, 1.82) is 0 Å². The maximum atomic E-state index is 12.4. The molecule has 2 aromatic carbocycles. The molecule has 0 fully saturated rings. The van der Waals surface area contributed by atoms with Crippen molar-refractivity contribution in [3.05, 3.63) is 81.2 Å². The van der Waals surface area contributed by atoms with Crippen molar-refractivity contribution in [2.75, 3.05) is 0 Å². The second-order valence-corrected chi connectivity index (χ2v) is 5.69. The summed E-state index contributed by atoms with van der Waals surface area (Å²) in [7, 11) is 0. The maximum absolute atomic E-state index is 12.4. The molecule has 0 N–H and O–H groups in total. The number of nitrogens with zero attached hydrogens (tertiary/aromatic N) is 1. The first-order valence-corrected chi connectivity index (χ1v) is 7.31. The molecule has 0 spiro atoms. The summed E-state index contributed by atoms with van der Waals surface area (Å²) < 4.78 is 2.30. The number of ketones is 1. The molecule has 1 heterocycles. The van der Waals surface area contributed by atoms with Crippen LogP contribution in [-0.4, -0.2) is 10.4 Å². The average molecular weight is 342 g/mol. The monoisotopic (exact) mass is 341 g/mol. The number of carbonyl (C=O) groups is 1. The van der Waals surface area contributed by atoms with Crippen molar-refractivity contribution in [2.45, 2.75) is 6.54 Å². The van der Waals surface area contributed by atoms with E-state index < -0.39 is 0 Å². The second kappa shape index (κ2) is 5.66. The highest BCUT2D eigenvalue weighted by molar-refractivity contribution is 9.10. The fourth-order valence-electron chi connectivity index (χ4n) is 2.26. The zero-order valence-corrected chi connectivity index (χ0v) is 12.7. The number of hydrogen-bond donors (Lipinski definition) is 0. The van der Waals surface area contributed by atoms with E-state index in [1.165, 1.54) is 4.57 Å². The number of fused-ring (bicyclic) bond motifs is 1. The van der Waals surface area contributed by atoms with E-state index in [1.807, 2.05) is 30.3 Å². The fourth-order valence-corrected chi connectivity index (χ4v) is 2.66. The predicted octanol–water partition coefficient (Wildman–Crippen LogP) is 3.65. The van der Waals surface area contributed by atoms with Gasteiger partial charge in [0.25, 0.3) is 5.56 Å². The number of carbonyl (C=O) groups excluding carboxylic acids is 1. The molecule has 0 unspecified atom stereocenters. The standard InChI is InChI=1S/C17H12BrNO2/c18-14-6-3-5-13(10-14)16(20)11-19-9-8-12-4-1-2-7-15(12)17(19)21/h1-10H,11H2. The molecule has 0 saturated heterocycles. The SMILES string of the molecule is O=C(Cn1ccc2ccccc2c1=O)c1cccc(Br)c1. The Balaban J connectivity index is 1.97. The molecule has 3 rings (SSSR count). The van der Waals surface area contributed by atoms with Crippen molar-refractivity contribution in [1.82, 2.24) is 4.57 Å². The Hall–Kier alpha value is -2.20. The van der Waals surface area contributed by atoms with E-state index >= 15 is 0 Å². The molecule has 21 heavy (non-hydrogen) atoms. The fraction of sp³-hybridized carbons (Fsp3) is 0.0588. The lowest BCUT2D eigenvalue weighted by Gasteiger charge is -2.07. The number of rotatable bonds is 3. The molecule has 0 bridgehead atoms. The van der Waals surface area contributed by atoms with Crippen molar-refractivity contribution in [2.24, 2.45) is 0 Å². The van der Waals surface area contributed by atoms with Crippen molar-refractivity contribution >= 4 is 32.5 Å². The van der Waals surface area contributed by atoms with Crippen LogP contribution in [0.3, 0.4) is 0 Å². The van der Waals surface area contributed by atoms with Crippen LogP contribution in [0.4, 0.5) is 0 Å². The van der Waals surface area contributed by atoms with E-state index in [0.717, 1.165) is 9.86 Å². The third kappa shape index (κ3) is 2.81. The third-order valence-electron chi connectivity index (χ3n) is 3.35. The Morgan fingerprint density at radius 2 is 1.86 bits per heavy atom. The normalized spacial score (nSPS) is 10.7. The van der Waals surface area contributed by atoms with Crippen LogP contribution in [0, 0.1) is 0 Å². The summed E-state index contributed by atoms with van der Waals surface area (Å²) in [6.07, 6.45) is 1.67. The summed E-state index contributed by atoms with van der Waals surface area (Å²) in [6, 6.07) is 16.4. The third-order valence-corrected chi connectivity index (χ3v) is 3.84. The summed E-state index contributed by atoms with van der Waals surface area (Å²) in [5.41, 5.74) is 0.445. The van der Waals surface area contributed by atoms with Gasteiger partial charge in [-0.25, -0.2) is 0 Å². The molecule has 0 amide bonds. The number of pyridine rings is 1. The van der Waals surface area contributed by atoms with Gasteiger partial charge in [0.15, 0.2) is 5.78 Å². The highest BCUT2D eigenvalue weighted by Crippen LogP contribution is 2.13. The van der Waals surface area contributed by atoms with E-state index in [2.05, 4.69) is 15.9 Å². The summed E-state index contributed by atoms with van der Waals surface area (Å²) in [5.74, 6) is -0.0892. The van der Waals surface area contributed by atoms with Crippen LogP contribution in [0.5, 0.6) is 0 Å². The smallest absolute Gasteiger partial charge is 0.258 e. The van der Waals surface area contributed by atoms with Gasteiger partial charge in [-0.2, -0.15) is 0 Å². The van der Waals surface area contributed by atoms with Gasteiger partial charge in [0.1, 0.15) is 0 Å². The molecule has 0 saturated carbocycles. The number of hydrogen-bond acceptors (Lipinski definition) is 2. The Morgan fingerprint density at radius 1 is 1.05 bits per heavy atom. The number of halogens is 1. The second-order valence-electron chi connectivity index (χ2n) is 4.77. The highest BCUT2D eigenvalue weighted by atomic mass is 79.9. The van der Waals surface area contributed by atoms with Gasteiger partial charge in [-0.1, -0.05) is 46.3 Å². The van der Waals surface area contributed by atoms with Gasteiger partial charge in [0.05, 0.1) is 6.54 Å². The van der Waals surface area contributed by atoms with Crippen LogP contribution in [0.25, 0.3) is 10.8 Å². The van der Waals surface area contributed by atoms with E-state index in [1.54, 1.807) is 30.5 Å². The Labute approximate surface area is 130 Å². The quantitative estimate of drug-likeness (QED) is 0.682. The van der Waals surface area contributed by atoms with Crippen molar-refractivity contribution in [3.63, 3.8) is 0 Å². The minimum atomic E-state index is -0.142. The van der Waals surface area contributed by atoms with E-state index in [-0.39, 0.29) is 17.9 Å². The molecule has 0 aliphatic rings. The number of aromatic nitrogens is 1. The molecule has 4 heteroatoms. The molecule has 3 aromatic rings. The minimum absolute atomic E-state index is 0.0418. The molecule has 3 nitrogen and oxygen atoms in total. The first kappa shape index (κ1) is 13.8. The van der Waals surface area contributed by atoms with Crippen LogP contribution >= 0.6 is 15.9 Å². The summed E-state index contributed by atoms with van der Waals surface area (Å²) >= 11 is 3.34. The Morgan fingerprint density at radius 3 is 2.67 bits per heavy atom. The maximum Gasteiger partial charge on any atom is 0.258 e. The van der Waals surface area contributed by atoms with Gasteiger partial charge in [0, 0.05) is 21.6 Å². The number of benzene rings is 2. The first-order valence-electron chi connectivity index (χ1n) is 6.52. The molecule has 0 radical (unpaired) electrons. The molecular formula is C17H12BrNO2. The molecule has 0 aliphatic carbocycles. The zero-order chi connectivity index (χ0) is 14.8. The summed E-state index contributed by atoms with van der Waals surface area (Å²) in [6.45, 7) is 0.0418. The van der Waals surface area contributed by atoms with Gasteiger partial charge in [-0.05, 0) is 29.7 Å². The molecule has 1 aromatic heterocycles. The van der Waals surface area contributed by atoms with Gasteiger partial charge in [-0.15, -0.1) is 0 Å². The zero-order valence-electron chi connectivity index (χ0n) is 11.1. The lowest BCUT2D eigenvalue weighted by molar-refractivity contribution is 0.0971. The van der Waals surface area contributed by atoms with Gasteiger partial charge >= 0.3 is 0 Å². The molecule has 0 aliphatic heterocycles. The van der Waals surface area contributed by atoms with E-state index in [9.17, 15) is 9.59 Å². The van der Waals surface area contributed by atoms with E-state index in [0.29, 0.717) is 10.9 Å². The predicted molar refractivity (Wildman–Crippen MR) is 86.7 cm³/mol. The largest absolute Gasteiger partial charge is 0.307 e. The molecular weight excluding hydrogens is 330 g/mol. The molecule has 104 valence electrons.